The van der Waals surface area contributed by atoms with Crippen LogP contribution in [0.1, 0.15) is 13.3 Å². The fraction of sp³-hybridized carbons (Fsp3) is 0.343. The van der Waals surface area contributed by atoms with Gasteiger partial charge in [0.25, 0.3) is 5.91 Å². The second kappa shape index (κ2) is 22.9. The normalized spacial score (nSPS) is 20.2. The largest absolute Gasteiger partial charge is 0.394 e. The number of carbonyl (C=O) groups excluding carboxylic acids is 1. The molecule has 0 aromatic heterocycles. The number of aliphatic hydroxyl groups is 6. The molecule has 1 heterocycles. The molecule has 1 rings (SSSR count). The van der Waals surface area contributed by atoms with E-state index in [-0.39, 0.29) is 6.42 Å². The SMILES string of the molecule is C#CC#CC#CC#CC#CC#CC#CC#CC#CC#CC#CC(=O)N[C@@H](COC1OC(CO)C(O)C(O)C1O)[C@H](O)[C@H](O)CC. The second-order valence-electron chi connectivity index (χ2n) is 8.22. The average molecular weight is 604 g/mol. The molecule has 1 aliphatic rings. The molecule has 0 spiro atoms. The van der Waals surface area contributed by atoms with Gasteiger partial charge >= 0.3 is 0 Å². The third kappa shape index (κ3) is 15.4. The molecule has 7 N–H and O–H groups in total. The second-order valence-corrected chi connectivity index (χ2v) is 8.22. The van der Waals surface area contributed by atoms with E-state index in [2.05, 4.69) is 130 Å². The summed E-state index contributed by atoms with van der Waals surface area (Å²) in [5, 5.41) is 62.0. The molecule has 45 heavy (non-hydrogen) atoms. The van der Waals surface area contributed by atoms with Crippen molar-refractivity contribution in [2.45, 2.75) is 62.3 Å². The first-order valence-corrected chi connectivity index (χ1v) is 12.8. The van der Waals surface area contributed by atoms with Gasteiger partial charge in [-0.25, -0.2) is 0 Å². The van der Waals surface area contributed by atoms with Gasteiger partial charge in [-0.15, -0.1) is 6.42 Å². The maximum Gasteiger partial charge on any atom is 0.297 e. The zero-order chi connectivity index (χ0) is 33.3. The van der Waals surface area contributed by atoms with Gasteiger partial charge in [0.2, 0.25) is 0 Å². The number of hydrogen-bond donors (Lipinski definition) is 7. The molecule has 1 amide bonds. The van der Waals surface area contributed by atoms with E-state index in [1.54, 1.807) is 6.92 Å². The van der Waals surface area contributed by atoms with Crippen molar-refractivity contribution >= 4 is 5.91 Å². The minimum Gasteiger partial charge on any atom is -0.394 e. The minimum atomic E-state index is -1.70. The summed E-state index contributed by atoms with van der Waals surface area (Å²) in [5.74, 6) is 49.1. The highest BCUT2D eigenvalue weighted by molar-refractivity contribution is 5.94. The van der Waals surface area contributed by atoms with E-state index in [1.807, 2.05) is 0 Å². The molecule has 8 atom stereocenters. The first kappa shape index (κ1) is 37.3. The van der Waals surface area contributed by atoms with Gasteiger partial charge in [0.05, 0.1) is 25.4 Å². The summed E-state index contributed by atoms with van der Waals surface area (Å²) >= 11 is 0. The Kier molecular flexibility index (Phi) is 19.0. The molecule has 1 fully saturated rings. The van der Waals surface area contributed by atoms with Crippen LogP contribution in [0.25, 0.3) is 0 Å². The molecular weight excluding hydrogens is 578 g/mol. The average Bonchev–Trinajstić information content (AvgIpc) is 3.04. The van der Waals surface area contributed by atoms with Crippen LogP contribution in [0.2, 0.25) is 0 Å². The van der Waals surface area contributed by atoms with Crippen LogP contribution in [0.4, 0.5) is 0 Å². The number of terminal acetylenes is 1. The van der Waals surface area contributed by atoms with Crippen molar-refractivity contribution in [3.8, 4) is 131 Å². The van der Waals surface area contributed by atoms with Crippen LogP contribution in [0.15, 0.2) is 0 Å². The maximum absolute atomic E-state index is 12.3. The lowest BCUT2D eigenvalue weighted by Crippen LogP contribution is -2.60. The van der Waals surface area contributed by atoms with Crippen LogP contribution >= 0.6 is 0 Å². The van der Waals surface area contributed by atoms with Gasteiger partial charge in [-0.1, -0.05) is 6.92 Å². The van der Waals surface area contributed by atoms with Crippen LogP contribution in [-0.4, -0.2) is 98.7 Å². The van der Waals surface area contributed by atoms with Gasteiger partial charge in [-0.2, -0.15) is 0 Å². The number of rotatable bonds is 8. The summed E-state index contributed by atoms with van der Waals surface area (Å²) in [7, 11) is 0. The molecule has 0 aromatic carbocycles. The monoisotopic (exact) mass is 603 g/mol. The Bertz CT molecular complexity index is 1740. The zero-order valence-corrected chi connectivity index (χ0v) is 23.7. The van der Waals surface area contributed by atoms with Crippen molar-refractivity contribution in [3.05, 3.63) is 0 Å². The van der Waals surface area contributed by atoms with Crippen LogP contribution < -0.4 is 5.32 Å². The summed E-state index contributed by atoms with van der Waals surface area (Å²) < 4.78 is 10.6. The Morgan fingerprint density at radius 1 is 0.756 bits per heavy atom. The Hall–Kier alpha value is -5.69. The molecule has 0 saturated carbocycles. The lowest BCUT2D eigenvalue weighted by atomic mass is 9.99. The minimum absolute atomic E-state index is 0.137. The predicted molar refractivity (Wildman–Crippen MR) is 161 cm³/mol. The number of amides is 1. The summed E-state index contributed by atoms with van der Waals surface area (Å²) in [6.45, 7) is 0.430. The molecule has 0 aromatic rings. The van der Waals surface area contributed by atoms with E-state index in [1.165, 1.54) is 0 Å². The third-order valence-corrected chi connectivity index (χ3v) is 5.20. The van der Waals surface area contributed by atoms with Crippen LogP contribution in [0, 0.1) is 131 Å². The Morgan fingerprint density at radius 2 is 1.20 bits per heavy atom. The third-order valence-electron chi connectivity index (χ3n) is 5.20. The summed E-state index contributed by atoms with van der Waals surface area (Å²) in [6.07, 6.45) is -5.39. The van der Waals surface area contributed by atoms with Crippen LogP contribution in [0.5, 0.6) is 0 Å². The van der Waals surface area contributed by atoms with Gasteiger partial charge in [0, 0.05) is 29.6 Å². The Balaban J connectivity index is 2.70. The van der Waals surface area contributed by atoms with Crippen molar-refractivity contribution < 1.29 is 44.9 Å². The highest BCUT2D eigenvalue weighted by atomic mass is 16.7. The first-order chi connectivity index (χ1) is 21.8. The van der Waals surface area contributed by atoms with E-state index < -0.39 is 68.1 Å². The van der Waals surface area contributed by atoms with Gasteiger partial charge < -0.3 is 45.4 Å². The quantitative estimate of drug-likeness (QED) is 0.137. The predicted octanol–water partition coefficient (Wildman–Crippen LogP) is -3.91. The van der Waals surface area contributed by atoms with Gasteiger partial charge in [-0.3, -0.25) is 4.79 Å². The standard InChI is InChI=1S/C35H25NO9/c1-3-5-6-7-8-9-10-11-12-13-14-15-16-17-18-19-20-21-22-23-24-30(39)36-27(31(40)28(38)4-2)26-44-35-34(43)33(42)32(41)29(25-37)45-35/h1,27-29,31-35,37-38,40-43H,4,25-26H2,2H3,(H,36,39)/t27-,28+,29?,31-,32?,33?,34?,35?/m0/s1. The van der Waals surface area contributed by atoms with Crippen molar-refractivity contribution in [1.29, 1.82) is 0 Å². The fourth-order valence-corrected chi connectivity index (χ4v) is 3.00. The summed E-state index contributed by atoms with van der Waals surface area (Å²) in [6, 6.07) is -1.23. The molecule has 5 unspecified atom stereocenters. The molecule has 10 heteroatoms. The maximum atomic E-state index is 12.3. The van der Waals surface area contributed by atoms with Gasteiger partial charge in [-0.05, 0) is 101 Å². The Morgan fingerprint density at radius 3 is 1.62 bits per heavy atom. The topological polar surface area (TPSA) is 169 Å². The van der Waals surface area contributed by atoms with E-state index >= 15 is 0 Å². The number of aliphatic hydroxyl groups excluding tert-OH is 6. The van der Waals surface area contributed by atoms with Gasteiger partial charge in [0.1, 0.15) is 30.5 Å². The van der Waals surface area contributed by atoms with Crippen molar-refractivity contribution in [2.75, 3.05) is 13.2 Å². The lowest BCUT2D eigenvalue weighted by molar-refractivity contribution is -0.303. The van der Waals surface area contributed by atoms with E-state index in [9.17, 15) is 35.4 Å². The number of ether oxygens (including phenoxy) is 2. The van der Waals surface area contributed by atoms with E-state index in [0.29, 0.717) is 0 Å². The number of hydrogen-bond acceptors (Lipinski definition) is 9. The molecule has 0 radical (unpaired) electrons. The molecule has 0 bridgehead atoms. The van der Waals surface area contributed by atoms with E-state index in [0.717, 1.165) is 0 Å². The van der Waals surface area contributed by atoms with Gasteiger partial charge in [0.15, 0.2) is 6.29 Å². The summed E-state index contributed by atoms with van der Waals surface area (Å²) in [5.41, 5.74) is 0. The smallest absolute Gasteiger partial charge is 0.297 e. The van der Waals surface area contributed by atoms with Crippen LogP contribution in [0.3, 0.4) is 0 Å². The van der Waals surface area contributed by atoms with Crippen molar-refractivity contribution in [1.82, 2.24) is 5.32 Å². The van der Waals surface area contributed by atoms with Crippen molar-refractivity contribution in [2.24, 2.45) is 0 Å². The number of carbonyl (C=O) groups is 1. The molecular formula is C35H25NO9. The van der Waals surface area contributed by atoms with Crippen molar-refractivity contribution in [3.63, 3.8) is 0 Å². The highest BCUT2D eigenvalue weighted by Crippen LogP contribution is 2.22. The number of nitrogens with one attached hydrogen (secondary N) is 1. The van der Waals surface area contributed by atoms with Crippen LogP contribution in [-0.2, 0) is 14.3 Å². The Labute approximate surface area is 262 Å². The molecule has 10 nitrogen and oxygen atoms in total. The van der Waals surface area contributed by atoms with E-state index in [4.69, 9.17) is 15.9 Å². The first-order valence-electron chi connectivity index (χ1n) is 12.8. The molecule has 0 aliphatic carbocycles. The highest BCUT2D eigenvalue weighted by Gasteiger charge is 2.44. The molecule has 1 aliphatic heterocycles. The summed E-state index contributed by atoms with van der Waals surface area (Å²) in [4.78, 5) is 12.3. The molecule has 224 valence electrons. The lowest BCUT2D eigenvalue weighted by Gasteiger charge is -2.40. The molecule has 1 saturated heterocycles. The fourth-order valence-electron chi connectivity index (χ4n) is 3.00. The zero-order valence-electron chi connectivity index (χ0n) is 23.7.